The molecule has 1 rings (SSSR count). The lowest BCUT2D eigenvalue weighted by atomic mass is 10.0. The van der Waals surface area contributed by atoms with Gasteiger partial charge in [0.2, 0.25) is 17.2 Å². The van der Waals surface area contributed by atoms with E-state index in [4.69, 9.17) is 5.11 Å². The van der Waals surface area contributed by atoms with Gasteiger partial charge in [0.1, 0.15) is 0 Å². The van der Waals surface area contributed by atoms with Gasteiger partial charge in [0.05, 0.1) is 12.0 Å². The van der Waals surface area contributed by atoms with Crippen LogP contribution in [0, 0.1) is 10.1 Å². The molecule has 0 fully saturated rings. The minimum Gasteiger partial charge on any atom is -0.481 e. The highest BCUT2D eigenvalue weighted by atomic mass is 19.4. The van der Waals surface area contributed by atoms with Gasteiger partial charge in [0, 0.05) is 12.1 Å². The zero-order valence-electron chi connectivity index (χ0n) is 10.8. The fourth-order valence-electron chi connectivity index (χ4n) is 1.27. The Labute approximate surface area is 115 Å². The van der Waals surface area contributed by atoms with Gasteiger partial charge in [-0.1, -0.05) is 0 Å². The Balaban J connectivity index is 3.38. The van der Waals surface area contributed by atoms with Crippen molar-refractivity contribution in [1.29, 1.82) is 0 Å². The summed E-state index contributed by atoms with van der Waals surface area (Å²) < 4.78 is 43.3. The largest absolute Gasteiger partial charge is 0.481 e. The Morgan fingerprint density at radius 1 is 1.48 bits per heavy atom. The molecule has 1 atom stereocenters. The SMILES string of the molecule is COc1ccc([N+](=O)[O-])c(NC(C)(C(=O)O)C(F)(F)F)n1. The van der Waals surface area contributed by atoms with Crippen molar-refractivity contribution < 1.29 is 32.7 Å². The Morgan fingerprint density at radius 2 is 2.05 bits per heavy atom. The molecule has 116 valence electrons. The van der Waals surface area contributed by atoms with E-state index in [-0.39, 0.29) is 5.88 Å². The monoisotopic (exact) mass is 309 g/mol. The Bertz CT molecular complexity index is 578. The van der Waals surface area contributed by atoms with Gasteiger partial charge in [-0.05, 0) is 6.92 Å². The van der Waals surface area contributed by atoms with Crippen LogP contribution in [0.25, 0.3) is 0 Å². The van der Waals surface area contributed by atoms with Crippen LogP contribution in [-0.4, -0.2) is 39.8 Å². The molecule has 0 saturated carbocycles. The number of alkyl halides is 3. The Hall–Kier alpha value is -2.59. The van der Waals surface area contributed by atoms with Gasteiger partial charge in [-0.2, -0.15) is 18.2 Å². The average molecular weight is 309 g/mol. The number of methoxy groups -OCH3 is 1. The number of carboxylic acid groups (broad SMARTS) is 1. The molecular formula is C10H10F3N3O5. The highest BCUT2D eigenvalue weighted by molar-refractivity contribution is 5.84. The van der Waals surface area contributed by atoms with Gasteiger partial charge >= 0.3 is 17.8 Å². The molecule has 0 radical (unpaired) electrons. The number of hydrogen-bond acceptors (Lipinski definition) is 6. The molecule has 0 aliphatic rings. The molecule has 0 aromatic carbocycles. The van der Waals surface area contributed by atoms with Crippen molar-refractivity contribution in [2.75, 3.05) is 12.4 Å². The molecule has 0 aliphatic heterocycles. The molecule has 0 amide bonds. The number of aromatic nitrogens is 1. The van der Waals surface area contributed by atoms with E-state index in [1.807, 2.05) is 0 Å². The molecular weight excluding hydrogens is 299 g/mol. The molecule has 0 spiro atoms. The van der Waals surface area contributed by atoms with Crippen LogP contribution in [0.4, 0.5) is 24.7 Å². The summed E-state index contributed by atoms with van der Waals surface area (Å²) in [4.78, 5) is 24.1. The quantitative estimate of drug-likeness (QED) is 0.629. The zero-order valence-corrected chi connectivity index (χ0v) is 10.8. The van der Waals surface area contributed by atoms with Gasteiger partial charge in [-0.15, -0.1) is 0 Å². The molecule has 0 aliphatic carbocycles. The standard InChI is InChI=1S/C10H10F3N3O5/c1-9(8(17)18,10(11,12)13)15-7-5(16(19)20)3-4-6(14-7)21-2/h3-4H,1-2H3,(H,14,15)(H,17,18). The van der Waals surface area contributed by atoms with E-state index in [2.05, 4.69) is 9.72 Å². The third-order valence-electron chi connectivity index (χ3n) is 2.62. The molecule has 1 aromatic rings. The number of anilines is 1. The minimum absolute atomic E-state index is 0.210. The fraction of sp³-hybridized carbons (Fsp3) is 0.400. The van der Waals surface area contributed by atoms with Gasteiger partial charge in [-0.3, -0.25) is 10.1 Å². The van der Waals surface area contributed by atoms with Crippen LogP contribution < -0.4 is 10.1 Å². The summed E-state index contributed by atoms with van der Waals surface area (Å²) in [7, 11) is 1.15. The van der Waals surface area contributed by atoms with Crippen LogP contribution in [0.1, 0.15) is 6.92 Å². The predicted molar refractivity (Wildman–Crippen MR) is 63.2 cm³/mol. The number of nitro groups is 1. The second-order valence-electron chi connectivity index (χ2n) is 4.03. The summed E-state index contributed by atoms with van der Waals surface area (Å²) in [5.41, 5.74) is -4.26. The maximum absolute atomic E-state index is 12.9. The first-order valence-corrected chi connectivity index (χ1v) is 5.30. The lowest BCUT2D eigenvalue weighted by Gasteiger charge is -2.28. The van der Waals surface area contributed by atoms with Crippen molar-refractivity contribution in [2.45, 2.75) is 18.6 Å². The van der Waals surface area contributed by atoms with Crippen molar-refractivity contribution in [3.8, 4) is 5.88 Å². The highest BCUT2D eigenvalue weighted by Gasteiger charge is 2.58. The van der Waals surface area contributed by atoms with Crippen LogP contribution in [0.3, 0.4) is 0 Å². The van der Waals surface area contributed by atoms with Gasteiger partial charge in [0.25, 0.3) is 0 Å². The molecule has 8 nitrogen and oxygen atoms in total. The van der Waals surface area contributed by atoms with E-state index in [0.29, 0.717) is 6.92 Å². The molecule has 0 saturated heterocycles. The molecule has 2 N–H and O–H groups in total. The van der Waals surface area contributed by atoms with Gasteiger partial charge in [-0.25, -0.2) is 4.79 Å². The van der Waals surface area contributed by atoms with E-state index < -0.39 is 34.1 Å². The number of carbonyl (C=O) groups is 1. The van der Waals surface area contributed by atoms with E-state index >= 15 is 0 Å². The van der Waals surface area contributed by atoms with Gasteiger partial charge in [0.15, 0.2) is 0 Å². The average Bonchev–Trinajstić information content (AvgIpc) is 2.36. The topological polar surface area (TPSA) is 115 Å². The maximum atomic E-state index is 12.9. The van der Waals surface area contributed by atoms with Crippen molar-refractivity contribution in [3.05, 3.63) is 22.2 Å². The lowest BCUT2D eigenvalue weighted by Crippen LogP contribution is -2.55. The second kappa shape index (κ2) is 5.42. The first-order valence-electron chi connectivity index (χ1n) is 5.30. The molecule has 1 heterocycles. The smallest absolute Gasteiger partial charge is 0.422 e. The van der Waals surface area contributed by atoms with E-state index in [0.717, 1.165) is 19.2 Å². The van der Waals surface area contributed by atoms with Crippen LogP contribution in [0.15, 0.2) is 12.1 Å². The van der Waals surface area contributed by atoms with E-state index in [1.165, 1.54) is 0 Å². The first kappa shape index (κ1) is 16.5. The van der Waals surface area contributed by atoms with Crippen LogP contribution >= 0.6 is 0 Å². The summed E-state index contributed by atoms with van der Waals surface area (Å²) >= 11 is 0. The fourth-order valence-corrected chi connectivity index (χ4v) is 1.27. The van der Waals surface area contributed by atoms with Crippen LogP contribution in [0.5, 0.6) is 5.88 Å². The summed E-state index contributed by atoms with van der Waals surface area (Å²) in [5, 5.41) is 21.1. The van der Waals surface area contributed by atoms with Crippen molar-refractivity contribution in [1.82, 2.24) is 4.98 Å². The normalized spacial score (nSPS) is 14.1. The number of rotatable bonds is 5. The number of pyridine rings is 1. The van der Waals surface area contributed by atoms with Crippen LogP contribution in [-0.2, 0) is 4.79 Å². The van der Waals surface area contributed by atoms with Gasteiger partial charge < -0.3 is 15.2 Å². The number of nitrogens with one attached hydrogen (secondary N) is 1. The number of carboxylic acids is 1. The number of halogens is 3. The van der Waals surface area contributed by atoms with Crippen LogP contribution in [0.2, 0.25) is 0 Å². The maximum Gasteiger partial charge on any atom is 0.422 e. The summed E-state index contributed by atoms with van der Waals surface area (Å²) in [5.74, 6) is -3.33. The van der Waals surface area contributed by atoms with Crippen molar-refractivity contribution in [3.63, 3.8) is 0 Å². The Morgan fingerprint density at radius 3 is 2.43 bits per heavy atom. The summed E-state index contributed by atoms with van der Waals surface area (Å²) in [6.07, 6.45) is -5.21. The first-order chi connectivity index (χ1) is 9.52. The summed E-state index contributed by atoms with van der Waals surface area (Å²) in [6.45, 7) is 0.334. The van der Waals surface area contributed by atoms with E-state index in [9.17, 15) is 28.1 Å². The number of ether oxygens (including phenoxy) is 1. The summed E-state index contributed by atoms with van der Waals surface area (Å²) in [6, 6.07) is 1.92. The minimum atomic E-state index is -5.21. The van der Waals surface area contributed by atoms with Crippen molar-refractivity contribution >= 4 is 17.5 Å². The third-order valence-corrected chi connectivity index (χ3v) is 2.62. The zero-order chi connectivity index (χ0) is 16.4. The van der Waals surface area contributed by atoms with E-state index in [1.54, 1.807) is 5.32 Å². The number of aliphatic carboxylic acids is 1. The highest BCUT2D eigenvalue weighted by Crippen LogP contribution is 2.36. The predicted octanol–water partition coefficient (Wildman–Crippen LogP) is 1.82. The molecule has 11 heteroatoms. The third kappa shape index (κ3) is 3.12. The molecule has 0 bridgehead atoms. The number of nitrogens with zero attached hydrogens (tertiary/aromatic N) is 2. The number of hydrogen-bond donors (Lipinski definition) is 2. The van der Waals surface area contributed by atoms with Crippen molar-refractivity contribution in [2.24, 2.45) is 0 Å². The Kier molecular flexibility index (Phi) is 4.25. The second-order valence-corrected chi connectivity index (χ2v) is 4.03. The molecule has 21 heavy (non-hydrogen) atoms. The molecule has 1 aromatic heterocycles. The molecule has 1 unspecified atom stereocenters. The lowest BCUT2D eigenvalue weighted by molar-refractivity contribution is -0.384.